The molecule has 0 radical (unpaired) electrons. The van der Waals surface area contributed by atoms with Crippen molar-refractivity contribution in [3.8, 4) is 5.69 Å². The van der Waals surface area contributed by atoms with Crippen LogP contribution in [0.4, 0.5) is 0 Å². The molecule has 0 aliphatic heterocycles. The minimum Gasteiger partial charge on any atom is -0.309 e. The van der Waals surface area contributed by atoms with E-state index in [2.05, 4.69) is 45.4 Å². The predicted octanol–water partition coefficient (Wildman–Crippen LogP) is 3.66. The molecule has 6 heteroatoms. The quantitative estimate of drug-likeness (QED) is 0.921. The fraction of sp³-hybridized carbons (Fsp3) is 0.385. The molecule has 0 aliphatic rings. The Kier molecular flexibility index (Phi) is 4.60. The van der Waals surface area contributed by atoms with Gasteiger partial charge >= 0.3 is 0 Å². The fourth-order valence-corrected chi connectivity index (χ4v) is 2.57. The molecule has 4 nitrogen and oxygen atoms in total. The number of hydrogen-bond acceptors (Lipinski definition) is 3. The molecule has 1 N–H and O–H groups in total. The summed E-state index contributed by atoms with van der Waals surface area (Å²) in [5.41, 5.74) is 2.77. The molecule has 1 unspecified atom stereocenters. The van der Waals surface area contributed by atoms with E-state index >= 15 is 0 Å². The molecule has 1 heterocycles. The maximum Gasteiger partial charge on any atom is 0.103 e. The Labute approximate surface area is 126 Å². The van der Waals surface area contributed by atoms with Gasteiger partial charge in [-0.25, -0.2) is 4.68 Å². The molecule has 0 saturated heterocycles. The lowest BCUT2D eigenvalue weighted by atomic mass is 10.2. The van der Waals surface area contributed by atoms with Crippen LogP contribution in [-0.2, 0) is 0 Å². The fourth-order valence-electron chi connectivity index (χ4n) is 2.02. The van der Waals surface area contributed by atoms with Gasteiger partial charge in [-0.3, -0.25) is 0 Å². The monoisotopic (exact) mass is 342 g/mol. The summed E-state index contributed by atoms with van der Waals surface area (Å²) in [5, 5.41) is 12.5. The smallest absolute Gasteiger partial charge is 0.103 e. The van der Waals surface area contributed by atoms with E-state index in [4.69, 9.17) is 11.6 Å². The average Bonchev–Trinajstić information content (AvgIpc) is 2.74. The minimum atomic E-state index is 0.171. The van der Waals surface area contributed by atoms with Gasteiger partial charge in [0.2, 0.25) is 0 Å². The lowest BCUT2D eigenvalue weighted by Gasteiger charge is -2.11. The first-order valence-corrected chi connectivity index (χ1v) is 7.32. The second-order valence-corrected chi connectivity index (χ2v) is 5.67. The van der Waals surface area contributed by atoms with Gasteiger partial charge in [-0.2, -0.15) is 0 Å². The Hall–Kier alpha value is -0.910. The summed E-state index contributed by atoms with van der Waals surface area (Å²) in [6.45, 7) is 7.04. The number of hydrogen-bond donors (Lipinski definition) is 1. The summed E-state index contributed by atoms with van der Waals surface area (Å²) >= 11 is 9.67. The molecule has 102 valence electrons. The van der Waals surface area contributed by atoms with Gasteiger partial charge in [0.05, 0.1) is 22.4 Å². The van der Waals surface area contributed by atoms with Gasteiger partial charge < -0.3 is 5.32 Å². The number of nitrogens with one attached hydrogen (secondary N) is 1. The third-order valence-corrected chi connectivity index (χ3v) is 3.80. The predicted molar refractivity (Wildman–Crippen MR) is 80.9 cm³/mol. The third-order valence-electron chi connectivity index (χ3n) is 2.99. The van der Waals surface area contributed by atoms with Crippen LogP contribution in [0.2, 0.25) is 5.02 Å². The zero-order chi connectivity index (χ0) is 14.0. The Morgan fingerprint density at radius 1 is 1.47 bits per heavy atom. The van der Waals surface area contributed by atoms with Gasteiger partial charge in [0.1, 0.15) is 5.69 Å². The van der Waals surface area contributed by atoms with Crippen molar-refractivity contribution in [1.29, 1.82) is 0 Å². The topological polar surface area (TPSA) is 42.7 Å². The van der Waals surface area contributed by atoms with Crippen LogP contribution in [0.3, 0.4) is 0 Å². The Morgan fingerprint density at radius 3 is 2.89 bits per heavy atom. The number of rotatable bonds is 4. The van der Waals surface area contributed by atoms with Crippen LogP contribution in [-0.4, -0.2) is 21.5 Å². The molecule has 2 aromatic rings. The summed E-state index contributed by atoms with van der Waals surface area (Å²) in [4.78, 5) is 0. The average molecular weight is 344 g/mol. The molecule has 19 heavy (non-hydrogen) atoms. The molecule has 0 fully saturated rings. The molecule has 1 atom stereocenters. The SMILES string of the molecule is CCNC(C)c1nnn(-c2cc(Br)ccc2Cl)c1C. The first kappa shape index (κ1) is 14.5. The van der Waals surface area contributed by atoms with Gasteiger partial charge in [-0.1, -0.05) is 39.7 Å². The van der Waals surface area contributed by atoms with Gasteiger partial charge in [0.25, 0.3) is 0 Å². The maximum atomic E-state index is 6.23. The molecule has 1 aromatic heterocycles. The maximum absolute atomic E-state index is 6.23. The van der Waals surface area contributed by atoms with Crippen molar-refractivity contribution < 1.29 is 0 Å². The highest BCUT2D eigenvalue weighted by Gasteiger charge is 2.16. The summed E-state index contributed by atoms with van der Waals surface area (Å²) in [5.74, 6) is 0. The van der Waals surface area contributed by atoms with Crippen molar-refractivity contribution in [2.75, 3.05) is 6.54 Å². The van der Waals surface area contributed by atoms with E-state index in [-0.39, 0.29) is 6.04 Å². The molecule has 0 bridgehead atoms. The molecule has 0 spiro atoms. The Balaban J connectivity index is 2.44. The first-order valence-electron chi connectivity index (χ1n) is 6.15. The zero-order valence-corrected chi connectivity index (χ0v) is 13.5. The standard InChI is InChI=1S/C13H16BrClN4/c1-4-16-8(2)13-9(3)19(18-17-13)12-7-10(14)5-6-11(12)15/h5-8,16H,4H2,1-3H3. The van der Waals surface area contributed by atoms with Gasteiger partial charge in [-0.15, -0.1) is 5.10 Å². The van der Waals surface area contributed by atoms with Crippen molar-refractivity contribution in [3.63, 3.8) is 0 Å². The third kappa shape index (κ3) is 2.99. The van der Waals surface area contributed by atoms with Crippen LogP contribution in [0.15, 0.2) is 22.7 Å². The molecular formula is C13H16BrClN4. The van der Waals surface area contributed by atoms with E-state index in [1.54, 1.807) is 4.68 Å². The van der Waals surface area contributed by atoms with Crippen molar-refractivity contribution in [2.24, 2.45) is 0 Å². The highest BCUT2D eigenvalue weighted by Crippen LogP contribution is 2.26. The summed E-state index contributed by atoms with van der Waals surface area (Å²) in [7, 11) is 0. The van der Waals surface area contributed by atoms with Crippen LogP contribution in [0.5, 0.6) is 0 Å². The van der Waals surface area contributed by atoms with Gasteiger partial charge in [-0.05, 0) is 38.6 Å². The van der Waals surface area contributed by atoms with Crippen LogP contribution in [0.1, 0.15) is 31.3 Å². The van der Waals surface area contributed by atoms with Gasteiger partial charge in [0.15, 0.2) is 0 Å². The highest BCUT2D eigenvalue weighted by atomic mass is 79.9. The van der Waals surface area contributed by atoms with Gasteiger partial charge in [0, 0.05) is 4.47 Å². The Morgan fingerprint density at radius 2 is 2.21 bits per heavy atom. The van der Waals surface area contributed by atoms with E-state index in [0.29, 0.717) is 5.02 Å². The molecule has 0 saturated carbocycles. The highest BCUT2D eigenvalue weighted by molar-refractivity contribution is 9.10. The van der Waals surface area contributed by atoms with Crippen molar-refractivity contribution in [3.05, 3.63) is 39.1 Å². The number of nitrogens with zero attached hydrogens (tertiary/aromatic N) is 3. The van der Waals surface area contributed by atoms with Crippen LogP contribution in [0, 0.1) is 6.92 Å². The Bertz CT molecular complexity index is 582. The summed E-state index contributed by atoms with van der Waals surface area (Å²) in [6, 6.07) is 5.85. The van der Waals surface area contributed by atoms with E-state index in [0.717, 1.165) is 28.1 Å². The molecule has 2 rings (SSSR count). The van der Waals surface area contributed by atoms with Crippen LogP contribution in [0.25, 0.3) is 5.69 Å². The molecule has 0 aliphatic carbocycles. The second kappa shape index (κ2) is 6.03. The lowest BCUT2D eigenvalue weighted by molar-refractivity contribution is 0.579. The van der Waals surface area contributed by atoms with Crippen LogP contribution < -0.4 is 5.32 Å². The largest absolute Gasteiger partial charge is 0.309 e. The summed E-state index contributed by atoms with van der Waals surface area (Å²) in [6.07, 6.45) is 0. The normalized spacial score (nSPS) is 12.7. The van der Waals surface area contributed by atoms with E-state index in [1.807, 2.05) is 25.1 Å². The van der Waals surface area contributed by atoms with Crippen LogP contribution >= 0.6 is 27.5 Å². The van der Waals surface area contributed by atoms with E-state index in [9.17, 15) is 0 Å². The summed E-state index contributed by atoms with van der Waals surface area (Å²) < 4.78 is 2.74. The number of aromatic nitrogens is 3. The first-order chi connectivity index (χ1) is 9.04. The lowest BCUT2D eigenvalue weighted by Crippen LogP contribution is -2.19. The second-order valence-electron chi connectivity index (χ2n) is 4.35. The number of halogens is 2. The minimum absolute atomic E-state index is 0.171. The van der Waals surface area contributed by atoms with Crippen molar-refractivity contribution in [2.45, 2.75) is 26.8 Å². The van der Waals surface area contributed by atoms with E-state index in [1.165, 1.54) is 0 Å². The molecule has 0 amide bonds. The zero-order valence-electron chi connectivity index (χ0n) is 11.1. The van der Waals surface area contributed by atoms with Crippen molar-refractivity contribution in [1.82, 2.24) is 20.3 Å². The van der Waals surface area contributed by atoms with Crippen molar-refractivity contribution >= 4 is 27.5 Å². The molecular weight excluding hydrogens is 328 g/mol. The van der Waals surface area contributed by atoms with E-state index < -0.39 is 0 Å². The molecule has 1 aromatic carbocycles. The number of benzene rings is 1.